The van der Waals surface area contributed by atoms with Gasteiger partial charge in [0.1, 0.15) is 5.75 Å². The number of cyclic esters (lactones) is 1. The van der Waals surface area contributed by atoms with Gasteiger partial charge in [-0.2, -0.15) is 0 Å². The van der Waals surface area contributed by atoms with Gasteiger partial charge in [-0.25, -0.2) is 4.79 Å². The van der Waals surface area contributed by atoms with Gasteiger partial charge in [0.15, 0.2) is 5.76 Å². The summed E-state index contributed by atoms with van der Waals surface area (Å²) in [6, 6.07) is 14.9. The van der Waals surface area contributed by atoms with Gasteiger partial charge in [-0.1, -0.05) is 30.3 Å². The first-order valence-corrected chi connectivity index (χ1v) is 6.86. The molecule has 0 unspecified atom stereocenters. The van der Waals surface area contributed by atoms with E-state index in [0.717, 1.165) is 21.4 Å². The van der Waals surface area contributed by atoms with Crippen molar-refractivity contribution in [2.24, 2.45) is 0 Å². The van der Waals surface area contributed by atoms with E-state index in [2.05, 4.69) is 15.9 Å². The van der Waals surface area contributed by atoms with Crippen LogP contribution < -0.4 is 4.74 Å². The third-order valence-corrected chi connectivity index (χ3v) is 3.95. The van der Waals surface area contributed by atoms with Crippen LogP contribution in [0.3, 0.4) is 0 Å². The van der Waals surface area contributed by atoms with Crippen molar-refractivity contribution in [3.63, 3.8) is 0 Å². The first kappa shape index (κ1) is 12.9. The standard InChI is InChI=1S/C16H11BrO3/c1-19-11-8-6-10(7-9-11)14(17)15-12-4-2-3-5-13(12)16(18)20-15/h2-9H,1H3/b15-14-. The molecule has 0 N–H and O–H groups in total. The van der Waals surface area contributed by atoms with Gasteiger partial charge in [0, 0.05) is 5.56 Å². The molecule has 100 valence electrons. The average molecular weight is 331 g/mol. The SMILES string of the molecule is COc1ccc(/C(Br)=C2/OC(=O)c3ccccc32)cc1. The molecule has 0 aliphatic carbocycles. The highest BCUT2D eigenvalue weighted by atomic mass is 79.9. The highest BCUT2D eigenvalue weighted by Crippen LogP contribution is 2.38. The number of hydrogen-bond acceptors (Lipinski definition) is 3. The van der Waals surface area contributed by atoms with Gasteiger partial charge in [-0.15, -0.1) is 0 Å². The molecule has 0 saturated carbocycles. The maximum Gasteiger partial charge on any atom is 0.344 e. The molecular weight excluding hydrogens is 320 g/mol. The van der Waals surface area contributed by atoms with Crippen LogP contribution in [0.5, 0.6) is 5.75 Å². The minimum absolute atomic E-state index is 0.318. The summed E-state index contributed by atoms with van der Waals surface area (Å²) in [7, 11) is 1.62. The van der Waals surface area contributed by atoms with Crippen molar-refractivity contribution in [1.29, 1.82) is 0 Å². The summed E-state index contributed by atoms with van der Waals surface area (Å²) in [6.07, 6.45) is 0. The van der Waals surface area contributed by atoms with Crippen LogP contribution in [0.2, 0.25) is 0 Å². The molecule has 4 heteroatoms. The molecule has 20 heavy (non-hydrogen) atoms. The molecule has 1 aliphatic rings. The number of ether oxygens (including phenoxy) is 2. The highest BCUT2D eigenvalue weighted by molar-refractivity contribution is 9.15. The Bertz CT molecular complexity index is 702. The number of methoxy groups -OCH3 is 1. The smallest absolute Gasteiger partial charge is 0.344 e. The molecule has 3 nitrogen and oxygen atoms in total. The zero-order valence-electron chi connectivity index (χ0n) is 10.7. The van der Waals surface area contributed by atoms with Crippen molar-refractivity contribution in [2.45, 2.75) is 0 Å². The molecule has 2 aromatic rings. The zero-order chi connectivity index (χ0) is 14.1. The van der Waals surface area contributed by atoms with Crippen LogP contribution in [0.4, 0.5) is 0 Å². The number of hydrogen-bond donors (Lipinski definition) is 0. The fourth-order valence-corrected chi connectivity index (χ4v) is 2.65. The monoisotopic (exact) mass is 330 g/mol. The number of benzene rings is 2. The third-order valence-electron chi connectivity index (χ3n) is 3.13. The van der Waals surface area contributed by atoms with E-state index in [0.29, 0.717) is 11.3 Å². The Kier molecular flexibility index (Phi) is 3.32. The Hall–Kier alpha value is -2.07. The lowest BCUT2D eigenvalue weighted by Gasteiger charge is -2.06. The second kappa shape index (κ2) is 5.13. The lowest BCUT2D eigenvalue weighted by atomic mass is 10.1. The molecule has 0 bridgehead atoms. The molecule has 0 radical (unpaired) electrons. The van der Waals surface area contributed by atoms with Crippen LogP contribution in [0, 0.1) is 0 Å². The first-order valence-electron chi connectivity index (χ1n) is 6.06. The maximum absolute atomic E-state index is 11.8. The van der Waals surface area contributed by atoms with Gasteiger partial charge < -0.3 is 9.47 Å². The lowest BCUT2D eigenvalue weighted by Crippen LogP contribution is -1.92. The molecule has 2 aromatic carbocycles. The summed E-state index contributed by atoms with van der Waals surface area (Å²) in [5.74, 6) is 1.01. The van der Waals surface area contributed by atoms with Crippen molar-refractivity contribution in [1.82, 2.24) is 0 Å². The Morgan fingerprint density at radius 3 is 2.35 bits per heavy atom. The summed E-state index contributed by atoms with van der Waals surface area (Å²) in [6.45, 7) is 0. The Balaban J connectivity index is 2.08. The van der Waals surface area contributed by atoms with Crippen LogP contribution in [0.15, 0.2) is 48.5 Å². The van der Waals surface area contributed by atoms with Crippen LogP contribution in [-0.2, 0) is 4.74 Å². The van der Waals surface area contributed by atoms with Crippen molar-refractivity contribution < 1.29 is 14.3 Å². The van der Waals surface area contributed by atoms with Crippen molar-refractivity contribution >= 4 is 32.1 Å². The zero-order valence-corrected chi connectivity index (χ0v) is 12.3. The van der Waals surface area contributed by atoms with E-state index in [1.54, 1.807) is 13.2 Å². The molecule has 0 spiro atoms. The number of fused-ring (bicyclic) bond motifs is 1. The first-order chi connectivity index (χ1) is 9.70. The van der Waals surface area contributed by atoms with E-state index in [-0.39, 0.29) is 5.97 Å². The molecular formula is C16H11BrO3. The Labute approximate surface area is 125 Å². The van der Waals surface area contributed by atoms with E-state index in [1.165, 1.54) is 0 Å². The summed E-state index contributed by atoms with van der Waals surface area (Å²) >= 11 is 3.52. The van der Waals surface area contributed by atoms with Gasteiger partial charge in [-0.3, -0.25) is 0 Å². The van der Waals surface area contributed by atoms with E-state index >= 15 is 0 Å². The summed E-state index contributed by atoms with van der Waals surface area (Å²) in [5, 5.41) is 0. The van der Waals surface area contributed by atoms with E-state index < -0.39 is 0 Å². The van der Waals surface area contributed by atoms with Gasteiger partial charge >= 0.3 is 5.97 Å². The normalized spacial score (nSPS) is 15.6. The quantitative estimate of drug-likeness (QED) is 0.778. The summed E-state index contributed by atoms with van der Waals surface area (Å²) < 4.78 is 11.2. The van der Waals surface area contributed by atoms with Crippen molar-refractivity contribution in [2.75, 3.05) is 7.11 Å². The Morgan fingerprint density at radius 2 is 1.70 bits per heavy atom. The molecule has 0 atom stereocenters. The van der Waals surface area contributed by atoms with Gasteiger partial charge in [0.05, 0.1) is 17.2 Å². The van der Waals surface area contributed by atoms with Gasteiger partial charge in [0.2, 0.25) is 0 Å². The van der Waals surface area contributed by atoms with E-state index in [9.17, 15) is 4.79 Å². The predicted octanol–water partition coefficient (Wildman–Crippen LogP) is 4.09. The number of rotatable bonds is 2. The topological polar surface area (TPSA) is 35.5 Å². The number of esters is 1. The molecule has 0 aromatic heterocycles. The molecule has 1 heterocycles. The third kappa shape index (κ3) is 2.12. The fourth-order valence-electron chi connectivity index (χ4n) is 2.09. The predicted molar refractivity (Wildman–Crippen MR) is 80.6 cm³/mol. The molecule has 0 fully saturated rings. The summed E-state index contributed by atoms with van der Waals surface area (Å²) in [4.78, 5) is 11.8. The Morgan fingerprint density at radius 1 is 1.05 bits per heavy atom. The second-order valence-electron chi connectivity index (χ2n) is 4.31. The number of carbonyl (C=O) groups is 1. The van der Waals surface area contributed by atoms with Gasteiger partial charge in [-0.05, 0) is 39.7 Å². The molecule has 1 aliphatic heterocycles. The highest BCUT2D eigenvalue weighted by Gasteiger charge is 2.28. The van der Waals surface area contributed by atoms with E-state index in [1.807, 2.05) is 42.5 Å². The maximum atomic E-state index is 11.8. The van der Waals surface area contributed by atoms with Gasteiger partial charge in [0.25, 0.3) is 0 Å². The van der Waals surface area contributed by atoms with Crippen molar-refractivity contribution in [3.8, 4) is 5.75 Å². The minimum atomic E-state index is -0.318. The average Bonchev–Trinajstić information content (AvgIpc) is 2.84. The van der Waals surface area contributed by atoms with Crippen LogP contribution in [-0.4, -0.2) is 13.1 Å². The van der Waals surface area contributed by atoms with Crippen LogP contribution in [0.1, 0.15) is 21.5 Å². The molecule has 0 saturated heterocycles. The fraction of sp³-hybridized carbons (Fsp3) is 0.0625. The summed E-state index contributed by atoms with van der Waals surface area (Å²) in [5.41, 5.74) is 2.32. The number of halogens is 1. The van der Waals surface area contributed by atoms with E-state index in [4.69, 9.17) is 9.47 Å². The molecule has 0 amide bonds. The second-order valence-corrected chi connectivity index (χ2v) is 5.10. The van der Waals surface area contributed by atoms with Crippen LogP contribution >= 0.6 is 15.9 Å². The van der Waals surface area contributed by atoms with Crippen molar-refractivity contribution in [3.05, 3.63) is 65.2 Å². The minimum Gasteiger partial charge on any atom is -0.497 e. The largest absolute Gasteiger partial charge is 0.497 e. The van der Waals surface area contributed by atoms with Crippen LogP contribution in [0.25, 0.3) is 10.2 Å². The molecule has 3 rings (SSSR count). The lowest BCUT2D eigenvalue weighted by molar-refractivity contribution is 0.0717. The number of carbonyl (C=O) groups excluding carboxylic acids is 1.